The van der Waals surface area contributed by atoms with E-state index >= 15 is 0 Å². The molecule has 1 aromatic rings. The first kappa shape index (κ1) is 18.0. The summed E-state index contributed by atoms with van der Waals surface area (Å²) in [5, 5.41) is 3.35. The predicted octanol–water partition coefficient (Wildman–Crippen LogP) is 2.89. The van der Waals surface area contributed by atoms with Gasteiger partial charge >= 0.3 is 0 Å². The number of halogens is 1. The maximum absolute atomic E-state index is 12.4. The zero-order chi connectivity index (χ0) is 14.2. The molecule has 3 nitrogen and oxygen atoms in total. The van der Waals surface area contributed by atoms with Crippen LogP contribution in [0.15, 0.2) is 30.3 Å². The van der Waals surface area contributed by atoms with Crippen LogP contribution in [-0.4, -0.2) is 37.0 Å². The van der Waals surface area contributed by atoms with Gasteiger partial charge in [0, 0.05) is 19.5 Å². The van der Waals surface area contributed by atoms with E-state index in [1.165, 1.54) is 5.56 Å². The van der Waals surface area contributed by atoms with Crippen LogP contribution in [0.4, 0.5) is 0 Å². The number of piperidine rings is 1. The van der Waals surface area contributed by atoms with Gasteiger partial charge in [-0.1, -0.05) is 30.3 Å². The number of carbonyl (C=O) groups is 1. The van der Waals surface area contributed by atoms with Crippen molar-refractivity contribution in [2.75, 3.05) is 26.2 Å². The van der Waals surface area contributed by atoms with E-state index in [2.05, 4.69) is 36.5 Å². The second-order valence-electron chi connectivity index (χ2n) is 5.61. The summed E-state index contributed by atoms with van der Waals surface area (Å²) in [6.45, 7) is 5.86. The summed E-state index contributed by atoms with van der Waals surface area (Å²) >= 11 is 0. The molecule has 1 N–H and O–H groups in total. The maximum Gasteiger partial charge on any atom is 0.222 e. The quantitative estimate of drug-likeness (QED) is 0.876. The number of amides is 1. The first-order valence-corrected chi connectivity index (χ1v) is 7.82. The highest BCUT2D eigenvalue weighted by Crippen LogP contribution is 2.17. The minimum atomic E-state index is 0. The van der Waals surface area contributed by atoms with E-state index < -0.39 is 0 Å². The van der Waals surface area contributed by atoms with Crippen molar-refractivity contribution in [3.05, 3.63) is 35.9 Å². The molecule has 0 bridgehead atoms. The molecule has 1 aliphatic rings. The Balaban J connectivity index is 0.00000220. The highest BCUT2D eigenvalue weighted by Gasteiger charge is 2.19. The first-order valence-electron chi connectivity index (χ1n) is 7.82. The van der Waals surface area contributed by atoms with Crippen molar-refractivity contribution in [1.82, 2.24) is 10.2 Å². The molecule has 4 heteroatoms. The topological polar surface area (TPSA) is 32.3 Å². The summed E-state index contributed by atoms with van der Waals surface area (Å²) in [5.74, 6) is 0.907. The minimum Gasteiger partial charge on any atom is -0.343 e. The molecular formula is C17H27ClN2O. The Morgan fingerprint density at radius 1 is 1.24 bits per heavy atom. The predicted molar refractivity (Wildman–Crippen MR) is 89.9 cm³/mol. The van der Waals surface area contributed by atoms with Gasteiger partial charge in [0.2, 0.25) is 5.91 Å². The average molecular weight is 311 g/mol. The van der Waals surface area contributed by atoms with Crippen molar-refractivity contribution in [2.45, 2.75) is 32.6 Å². The summed E-state index contributed by atoms with van der Waals surface area (Å²) in [5.41, 5.74) is 1.31. The Bertz CT molecular complexity index is 405. The van der Waals surface area contributed by atoms with Gasteiger partial charge in [0.25, 0.3) is 0 Å². The maximum atomic E-state index is 12.4. The second kappa shape index (κ2) is 9.80. The number of likely N-dealkylation sites (N-methyl/N-ethyl adjacent to an activating group) is 1. The lowest BCUT2D eigenvalue weighted by atomic mass is 9.94. The first-order chi connectivity index (χ1) is 9.79. The Morgan fingerprint density at radius 3 is 2.52 bits per heavy atom. The lowest BCUT2D eigenvalue weighted by molar-refractivity contribution is -0.132. The minimum absolute atomic E-state index is 0. The lowest BCUT2D eigenvalue weighted by Crippen LogP contribution is -2.36. The van der Waals surface area contributed by atoms with Crippen molar-refractivity contribution in [3.8, 4) is 0 Å². The molecule has 118 valence electrons. The summed E-state index contributed by atoms with van der Waals surface area (Å²) < 4.78 is 0. The van der Waals surface area contributed by atoms with E-state index in [0.29, 0.717) is 11.8 Å². The Morgan fingerprint density at radius 2 is 1.90 bits per heavy atom. The van der Waals surface area contributed by atoms with Crippen molar-refractivity contribution < 1.29 is 4.79 Å². The van der Waals surface area contributed by atoms with Gasteiger partial charge in [0.05, 0.1) is 0 Å². The molecule has 1 aliphatic heterocycles. The van der Waals surface area contributed by atoms with Crippen LogP contribution in [0, 0.1) is 5.92 Å². The normalized spacial score (nSPS) is 15.3. The molecule has 0 unspecified atom stereocenters. The van der Waals surface area contributed by atoms with E-state index in [-0.39, 0.29) is 12.4 Å². The summed E-state index contributed by atoms with van der Waals surface area (Å²) in [6.07, 6.45) is 3.96. The molecule has 0 saturated carbocycles. The number of nitrogens with zero attached hydrogens (tertiary/aromatic N) is 1. The smallest absolute Gasteiger partial charge is 0.222 e. The van der Waals surface area contributed by atoms with Crippen molar-refractivity contribution in [3.63, 3.8) is 0 Å². The Kier molecular flexibility index (Phi) is 8.40. The van der Waals surface area contributed by atoms with E-state index in [1.807, 2.05) is 11.0 Å². The van der Waals surface area contributed by atoms with Crippen LogP contribution in [-0.2, 0) is 11.2 Å². The zero-order valence-corrected chi connectivity index (χ0v) is 13.7. The molecule has 0 atom stereocenters. The fraction of sp³-hybridized carbons (Fsp3) is 0.588. The van der Waals surface area contributed by atoms with Crippen LogP contribution in [0.25, 0.3) is 0 Å². The van der Waals surface area contributed by atoms with E-state index in [0.717, 1.165) is 51.9 Å². The van der Waals surface area contributed by atoms with Crippen LogP contribution in [0.1, 0.15) is 31.7 Å². The third kappa shape index (κ3) is 6.06. The number of hydrogen-bond donors (Lipinski definition) is 1. The summed E-state index contributed by atoms with van der Waals surface area (Å²) in [7, 11) is 0. The zero-order valence-electron chi connectivity index (χ0n) is 12.9. The van der Waals surface area contributed by atoms with E-state index in [1.54, 1.807) is 0 Å². The third-order valence-electron chi connectivity index (χ3n) is 4.17. The van der Waals surface area contributed by atoms with E-state index in [9.17, 15) is 4.79 Å². The van der Waals surface area contributed by atoms with Crippen LogP contribution in [0.5, 0.6) is 0 Å². The van der Waals surface area contributed by atoms with Gasteiger partial charge in [-0.3, -0.25) is 4.79 Å². The molecule has 0 spiro atoms. The van der Waals surface area contributed by atoms with E-state index in [4.69, 9.17) is 0 Å². The number of nitrogens with one attached hydrogen (secondary N) is 1. The number of carbonyl (C=O) groups excluding carboxylic acids is 1. The molecule has 1 saturated heterocycles. The van der Waals surface area contributed by atoms with Crippen LogP contribution in [0.2, 0.25) is 0 Å². The fourth-order valence-electron chi connectivity index (χ4n) is 2.83. The van der Waals surface area contributed by atoms with Gasteiger partial charge < -0.3 is 10.2 Å². The third-order valence-corrected chi connectivity index (χ3v) is 4.17. The molecule has 0 radical (unpaired) electrons. The molecule has 1 aromatic carbocycles. The standard InChI is InChI=1S/C17H26N2O.ClH/c1-2-19(13-10-15-6-4-3-5-7-15)17(20)14-16-8-11-18-12-9-16;/h3-7,16,18H,2,8-14H2,1H3;1H. The second-order valence-corrected chi connectivity index (χ2v) is 5.61. The van der Waals surface area contributed by atoms with Crippen LogP contribution in [0.3, 0.4) is 0 Å². The highest BCUT2D eigenvalue weighted by molar-refractivity contribution is 5.85. The van der Waals surface area contributed by atoms with Crippen LogP contribution < -0.4 is 5.32 Å². The van der Waals surface area contributed by atoms with Gasteiger partial charge in [-0.15, -0.1) is 12.4 Å². The fourth-order valence-corrected chi connectivity index (χ4v) is 2.83. The van der Waals surface area contributed by atoms with Gasteiger partial charge in [0.15, 0.2) is 0 Å². The van der Waals surface area contributed by atoms with Crippen molar-refractivity contribution >= 4 is 18.3 Å². The SMILES string of the molecule is CCN(CCc1ccccc1)C(=O)CC1CCNCC1.Cl. The number of hydrogen-bond acceptors (Lipinski definition) is 2. The molecule has 1 fully saturated rings. The average Bonchev–Trinajstić information content (AvgIpc) is 2.50. The van der Waals surface area contributed by atoms with Gasteiger partial charge in [-0.2, -0.15) is 0 Å². The Hall–Kier alpha value is -1.06. The molecule has 1 heterocycles. The van der Waals surface area contributed by atoms with Crippen molar-refractivity contribution in [1.29, 1.82) is 0 Å². The van der Waals surface area contributed by atoms with Gasteiger partial charge in [-0.25, -0.2) is 0 Å². The largest absolute Gasteiger partial charge is 0.343 e. The van der Waals surface area contributed by atoms with Crippen molar-refractivity contribution in [2.24, 2.45) is 5.92 Å². The lowest BCUT2D eigenvalue weighted by Gasteiger charge is -2.26. The number of benzene rings is 1. The van der Waals surface area contributed by atoms with Gasteiger partial charge in [0.1, 0.15) is 0 Å². The molecule has 0 aromatic heterocycles. The number of rotatable bonds is 6. The Labute approximate surface area is 134 Å². The highest BCUT2D eigenvalue weighted by atomic mass is 35.5. The molecule has 0 aliphatic carbocycles. The molecule has 21 heavy (non-hydrogen) atoms. The van der Waals surface area contributed by atoms with Crippen LogP contribution >= 0.6 is 12.4 Å². The molecule has 1 amide bonds. The molecule has 2 rings (SSSR count). The summed E-state index contributed by atoms with van der Waals surface area (Å²) in [6, 6.07) is 10.4. The monoisotopic (exact) mass is 310 g/mol. The summed E-state index contributed by atoms with van der Waals surface area (Å²) in [4.78, 5) is 14.4. The molecular weight excluding hydrogens is 284 g/mol. The van der Waals surface area contributed by atoms with Gasteiger partial charge in [-0.05, 0) is 50.8 Å².